The number of carboxylic acids is 1. The predicted octanol–water partition coefficient (Wildman–Crippen LogP) is 2.22. The van der Waals surface area contributed by atoms with Crippen LogP contribution in [0.15, 0.2) is 0 Å². The highest BCUT2D eigenvalue weighted by atomic mass is 16.4. The van der Waals surface area contributed by atoms with E-state index in [0.29, 0.717) is 12.5 Å². The van der Waals surface area contributed by atoms with Crippen LogP contribution in [0, 0.1) is 11.8 Å². The van der Waals surface area contributed by atoms with Crippen molar-refractivity contribution in [2.45, 2.75) is 53.0 Å². The second-order valence-corrected chi connectivity index (χ2v) is 5.43. The van der Waals surface area contributed by atoms with Crippen LogP contribution in [0.25, 0.3) is 0 Å². The van der Waals surface area contributed by atoms with Gasteiger partial charge in [0.05, 0.1) is 0 Å². The quantitative estimate of drug-likeness (QED) is 0.624. The van der Waals surface area contributed by atoms with Crippen LogP contribution in [-0.4, -0.2) is 29.7 Å². The van der Waals surface area contributed by atoms with Gasteiger partial charge in [-0.25, -0.2) is 4.79 Å². The summed E-state index contributed by atoms with van der Waals surface area (Å²) >= 11 is 0. The molecular weight excluding hydrogens is 232 g/mol. The standard InChI is InChI=1S/C13H26N2O3/c1-9(2)5-6-11(4)15-13(18)14-8-10(3)7-12(16)17/h9-11H,5-8H2,1-4H3,(H,16,17)(H2,14,15,18). The lowest BCUT2D eigenvalue weighted by atomic mass is 10.0. The fourth-order valence-corrected chi connectivity index (χ4v) is 1.57. The Kier molecular flexibility index (Phi) is 8.16. The van der Waals surface area contributed by atoms with Gasteiger partial charge < -0.3 is 15.7 Å². The summed E-state index contributed by atoms with van der Waals surface area (Å²) in [4.78, 5) is 22.0. The lowest BCUT2D eigenvalue weighted by Crippen LogP contribution is -2.42. The third kappa shape index (κ3) is 9.93. The Hall–Kier alpha value is -1.26. The molecule has 0 saturated heterocycles. The van der Waals surface area contributed by atoms with Gasteiger partial charge in [-0.2, -0.15) is 0 Å². The minimum absolute atomic E-state index is 0.0563. The molecule has 0 aromatic heterocycles. The fraction of sp³-hybridized carbons (Fsp3) is 0.846. The second-order valence-electron chi connectivity index (χ2n) is 5.43. The summed E-state index contributed by atoms with van der Waals surface area (Å²) in [5.41, 5.74) is 0. The summed E-state index contributed by atoms with van der Waals surface area (Å²) in [6, 6.07) is -0.0781. The molecule has 0 saturated carbocycles. The Morgan fingerprint density at radius 2 is 1.72 bits per heavy atom. The van der Waals surface area contributed by atoms with Gasteiger partial charge in [-0.1, -0.05) is 20.8 Å². The Labute approximate surface area is 109 Å². The molecule has 0 heterocycles. The fourth-order valence-electron chi connectivity index (χ4n) is 1.57. The lowest BCUT2D eigenvalue weighted by molar-refractivity contribution is -0.137. The highest BCUT2D eigenvalue weighted by Gasteiger charge is 2.11. The highest BCUT2D eigenvalue weighted by molar-refractivity contribution is 5.74. The second kappa shape index (κ2) is 8.78. The molecule has 2 atom stereocenters. The van der Waals surface area contributed by atoms with Crippen molar-refractivity contribution >= 4 is 12.0 Å². The van der Waals surface area contributed by atoms with Crippen molar-refractivity contribution in [1.29, 1.82) is 0 Å². The first-order chi connectivity index (χ1) is 8.31. The summed E-state index contributed by atoms with van der Waals surface area (Å²) in [5, 5.41) is 14.1. The van der Waals surface area contributed by atoms with Crippen molar-refractivity contribution < 1.29 is 14.7 Å². The Bertz CT molecular complexity index is 267. The number of urea groups is 1. The first kappa shape index (κ1) is 16.7. The maximum absolute atomic E-state index is 11.5. The molecule has 0 spiro atoms. The molecule has 0 aliphatic rings. The molecule has 0 aromatic carbocycles. The van der Waals surface area contributed by atoms with E-state index in [1.807, 2.05) is 6.92 Å². The summed E-state index contributed by atoms with van der Waals surface area (Å²) in [7, 11) is 0. The highest BCUT2D eigenvalue weighted by Crippen LogP contribution is 2.06. The molecule has 2 amide bonds. The normalized spacial score (nSPS) is 14.1. The van der Waals surface area contributed by atoms with Gasteiger partial charge in [0.2, 0.25) is 0 Å². The van der Waals surface area contributed by atoms with Gasteiger partial charge in [0.1, 0.15) is 0 Å². The molecule has 5 heteroatoms. The largest absolute Gasteiger partial charge is 0.481 e. The van der Waals surface area contributed by atoms with Crippen molar-refractivity contribution in [3.63, 3.8) is 0 Å². The zero-order valence-corrected chi connectivity index (χ0v) is 11.8. The molecule has 5 nitrogen and oxygen atoms in total. The van der Waals surface area contributed by atoms with Crippen LogP contribution < -0.4 is 10.6 Å². The number of carbonyl (C=O) groups is 2. The number of carboxylic acid groups (broad SMARTS) is 1. The molecule has 0 fully saturated rings. The third-order valence-electron chi connectivity index (χ3n) is 2.69. The number of amides is 2. The molecule has 0 radical (unpaired) electrons. The number of hydrogen-bond acceptors (Lipinski definition) is 2. The van der Waals surface area contributed by atoms with Gasteiger partial charge in [-0.05, 0) is 31.6 Å². The van der Waals surface area contributed by atoms with E-state index in [9.17, 15) is 9.59 Å². The molecular formula is C13H26N2O3. The zero-order chi connectivity index (χ0) is 14.1. The third-order valence-corrected chi connectivity index (χ3v) is 2.69. The van der Waals surface area contributed by atoms with Crippen molar-refractivity contribution in [2.24, 2.45) is 11.8 Å². The van der Waals surface area contributed by atoms with E-state index in [4.69, 9.17) is 5.11 Å². The van der Waals surface area contributed by atoms with Gasteiger partial charge >= 0.3 is 12.0 Å². The summed E-state index contributed by atoms with van der Waals surface area (Å²) in [6.45, 7) is 8.47. The summed E-state index contributed by atoms with van der Waals surface area (Å²) in [5.74, 6) is -0.262. The van der Waals surface area contributed by atoms with Crippen LogP contribution >= 0.6 is 0 Å². The molecule has 0 rings (SSSR count). The van der Waals surface area contributed by atoms with Crippen LogP contribution in [0.5, 0.6) is 0 Å². The van der Waals surface area contributed by atoms with E-state index in [-0.39, 0.29) is 24.4 Å². The maximum atomic E-state index is 11.5. The van der Waals surface area contributed by atoms with E-state index in [1.54, 1.807) is 6.92 Å². The molecule has 106 valence electrons. The van der Waals surface area contributed by atoms with Gasteiger partial charge in [-0.15, -0.1) is 0 Å². The maximum Gasteiger partial charge on any atom is 0.315 e. The molecule has 0 aromatic rings. The number of hydrogen-bond donors (Lipinski definition) is 3. The van der Waals surface area contributed by atoms with Crippen LogP contribution in [0.2, 0.25) is 0 Å². The zero-order valence-electron chi connectivity index (χ0n) is 11.8. The molecule has 0 aliphatic heterocycles. The van der Waals surface area contributed by atoms with E-state index in [0.717, 1.165) is 12.8 Å². The monoisotopic (exact) mass is 258 g/mol. The van der Waals surface area contributed by atoms with Crippen LogP contribution in [0.1, 0.15) is 47.0 Å². The summed E-state index contributed by atoms with van der Waals surface area (Å²) in [6.07, 6.45) is 2.11. The van der Waals surface area contributed by atoms with Crippen LogP contribution in [0.4, 0.5) is 4.79 Å². The van der Waals surface area contributed by atoms with Crippen molar-refractivity contribution in [3.8, 4) is 0 Å². The van der Waals surface area contributed by atoms with Gasteiger partial charge in [0.15, 0.2) is 0 Å². The number of nitrogens with one attached hydrogen (secondary N) is 2. The number of aliphatic carboxylic acids is 1. The smallest absolute Gasteiger partial charge is 0.315 e. The van der Waals surface area contributed by atoms with Crippen molar-refractivity contribution in [1.82, 2.24) is 10.6 Å². The number of rotatable bonds is 8. The Balaban J connectivity index is 3.73. The number of carbonyl (C=O) groups excluding carboxylic acids is 1. The predicted molar refractivity (Wildman–Crippen MR) is 71.5 cm³/mol. The van der Waals surface area contributed by atoms with Crippen LogP contribution in [0.3, 0.4) is 0 Å². The molecule has 3 N–H and O–H groups in total. The van der Waals surface area contributed by atoms with Crippen LogP contribution in [-0.2, 0) is 4.79 Å². The Morgan fingerprint density at radius 3 is 2.22 bits per heavy atom. The first-order valence-corrected chi connectivity index (χ1v) is 6.57. The van der Waals surface area contributed by atoms with E-state index in [2.05, 4.69) is 24.5 Å². The minimum atomic E-state index is -0.838. The lowest BCUT2D eigenvalue weighted by Gasteiger charge is -2.17. The van der Waals surface area contributed by atoms with E-state index >= 15 is 0 Å². The Morgan fingerprint density at radius 1 is 1.11 bits per heavy atom. The minimum Gasteiger partial charge on any atom is -0.481 e. The van der Waals surface area contributed by atoms with Gasteiger partial charge in [0.25, 0.3) is 0 Å². The molecule has 0 bridgehead atoms. The first-order valence-electron chi connectivity index (χ1n) is 6.57. The SMILES string of the molecule is CC(C)CCC(C)NC(=O)NCC(C)CC(=O)O. The average molecular weight is 258 g/mol. The molecule has 18 heavy (non-hydrogen) atoms. The topological polar surface area (TPSA) is 78.4 Å². The van der Waals surface area contributed by atoms with Crippen molar-refractivity contribution in [3.05, 3.63) is 0 Å². The average Bonchev–Trinajstić information content (AvgIpc) is 2.22. The van der Waals surface area contributed by atoms with Gasteiger partial charge in [-0.3, -0.25) is 4.79 Å². The van der Waals surface area contributed by atoms with Crippen molar-refractivity contribution in [2.75, 3.05) is 6.54 Å². The molecule has 2 unspecified atom stereocenters. The van der Waals surface area contributed by atoms with Gasteiger partial charge in [0, 0.05) is 19.0 Å². The van der Waals surface area contributed by atoms with E-state index in [1.165, 1.54) is 0 Å². The summed E-state index contributed by atoms with van der Waals surface area (Å²) < 4.78 is 0. The van der Waals surface area contributed by atoms with E-state index < -0.39 is 5.97 Å². The molecule has 0 aliphatic carbocycles.